The lowest BCUT2D eigenvalue weighted by atomic mass is 10.2. The number of amides is 2. The van der Waals surface area contributed by atoms with Crippen molar-refractivity contribution in [2.75, 3.05) is 10.6 Å². The molecule has 0 aliphatic rings. The molecule has 0 bridgehead atoms. The molecule has 0 saturated heterocycles. The minimum Gasteiger partial charge on any atom is -0.340 e. The molecular formula is C24H18FN5O. The van der Waals surface area contributed by atoms with Crippen LogP contribution in [0.15, 0.2) is 73.1 Å². The van der Waals surface area contributed by atoms with Crippen LogP contribution in [0.4, 0.5) is 26.4 Å². The molecular weight excluding hydrogens is 393 g/mol. The molecule has 0 atom stereocenters. The van der Waals surface area contributed by atoms with Gasteiger partial charge in [0.15, 0.2) is 0 Å². The van der Waals surface area contributed by atoms with E-state index in [4.69, 9.17) is 6.42 Å². The van der Waals surface area contributed by atoms with E-state index in [1.165, 1.54) is 12.4 Å². The number of nitrogens with one attached hydrogen (secondary N) is 3. The van der Waals surface area contributed by atoms with E-state index >= 15 is 0 Å². The number of terminal acetylenes is 1. The van der Waals surface area contributed by atoms with Gasteiger partial charge in [-0.3, -0.25) is 0 Å². The van der Waals surface area contributed by atoms with Crippen molar-refractivity contribution in [2.45, 2.75) is 6.54 Å². The highest BCUT2D eigenvalue weighted by Crippen LogP contribution is 2.26. The molecule has 0 spiro atoms. The molecule has 6 nitrogen and oxygen atoms in total. The van der Waals surface area contributed by atoms with Crippen molar-refractivity contribution in [3.8, 4) is 12.3 Å². The van der Waals surface area contributed by atoms with Gasteiger partial charge in [-0.25, -0.2) is 19.2 Å². The van der Waals surface area contributed by atoms with E-state index < -0.39 is 6.03 Å². The van der Waals surface area contributed by atoms with Gasteiger partial charge in [-0.1, -0.05) is 30.2 Å². The molecule has 0 unspecified atom stereocenters. The molecule has 7 heteroatoms. The van der Waals surface area contributed by atoms with Gasteiger partial charge in [0.05, 0.1) is 5.52 Å². The molecule has 2 amide bonds. The Bertz CT molecular complexity index is 1300. The molecule has 1 heterocycles. The first-order chi connectivity index (χ1) is 15.1. The normalized spacial score (nSPS) is 10.3. The van der Waals surface area contributed by atoms with Gasteiger partial charge in [-0.2, -0.15) is 0 Å². The van der Waals surface area contributed by atoms with Crippen molar-refractivity contribution in [1.29, 1.82) is 0 Å². The summed E-state index contributed by atoms with van der Waals surface area (Å²) in [6, 6.07) is 18.6. The van der Waals surface area contributed by atoms with Crippen molar-refractivity contribution in [3.63, 3.8) is 0 Å². The van der Waals surface area contributed by atoms with Crippen LogP contribution in [0.25, 0.3) is 10.9 Å². The van der Waals surface area contributed by atoms with Crippen molar-refractivity contribution in [3.05, 3.63) is 90.0 Å². The minimum atomic E-state index is -0.448. The van der Waals surface area contributed by atoms with E-state index in [0.717, 1.165) is 16.6 Å². The average molecular weight is 411 g/mol. The van der Waals surface area contributed by atoms with E-state index in [0.29, 0.717) is 22.6 Å². The minimum absolute atomic E-state index is 0.0769. The van der Waals surface area contributed by atoms with E-state index in [1.54, 1.807) is 36.4 Å². The number of halogens is 1. The van der Waals surface area contributed by atoms with Crippen molar-refractivity contribution >= 4 is 34.1 Å². The zero-order valence-corrected chi connectivity index (χ0v) is 16.4. The summed E-state index contributed by atoms with van der Waals surface area (Å²) in [4.78, 5) is 20.9. The summed E-state index contributed by atoms with van der Waals surface area (Å²) in [6.45, 7) is 0.0769. The molecule has 0 aliphatic heterocycles. The van der Waals surface area contributed by atoms with Crippen molar-refractivity contribution in [2.24, 2.45) is 0 Å². The second-order valence-electron chi connectivity index (χ2n) is 6.70. The molecule has 31 heavy (non-hydrogen) atoms. The summed E-state index contributed by atoms with van der Waals surface area (Å²) >= 11 is 0. The lowest BCUT2D eigenvalue weighted by Crippen LogP contribution is -2.28. The van der Waals surface area contributed by atoms with Crippen LogP contribution >= 0.6 is 0 Å². The van der Waals surface area contributed by atoms with Gasteiger partial charge in [-0.05, 0) is 42.5 Å². The summed E-state index contributed by atoms with van der Waals surface area (Å²) in [7, 11) is 0. The third kappa shape index (κ3) is 4.77. The molecule has 152 valence electrons. The first-order valence-electron chi connectivity index (χ1n) is 9.49. The van der Waals surface area contributed by atoms with Crippen LogP contribution in [-0.4, -0.2) is 16.0 Å². The van der Waals surface area contributed by atoms with Gasteiger partial charge in [-0.15, -0.1) is 6.42 Å². The maximum absolute atomic E-state index is 13.7. The maximum atomic E-state index is 13.7. The van der Waals surface area contributed by atoms with E-state index in [9.17, 15) is 9.18 Å². The molecule has 3 N–H and O–H groups in total. The number of hydrogen-bond donors (Lipinski definition) is 3. The number of benzene rings is 3. The molecule has 3 aromatic carbocycles. The Morgan fingerprint density at radius 3 is 2.71 bits per heavy atom. The largest absolute Gasteiger partial charge is 0.340 e. The molecule has 0 aliphatic carbocycles. The smallest absolute Gasteiger partial charge is 0.319 e. The van der Waals surface area contributed by atoms with Crippen LogP contribution in [0.5, 0.6) is 0 Å². The zero-order chi connectivity index (χ0) is 21.6. The Balaban J connectivity index is 1.51. The highest BCUT2D eigenvalue weighted by Gasteiger charge is 2.09. The standard InChI is InChI=1S/C24H18FN5O/c1-2-16-6-5-8-18(12-16)29-23-20-13-19(10-11-22(20)27-15-28-23)30-24(31)26-14-17-7-3-4-9-21(17)25/h1,3-13,15H,14H2,(H2,26,30,31)(H,27,28,29). The fraction of sp³-hybridized carbons (Fsp3) is 0.0417. The molecule has 0 fully saturated rings. The first-order valence-corrected chi connectivity index (χ1v) is 9.49. The van der Waals surface area contributed by atoms with E-state index in [-0.39, 0.29) is 12.4 Å². The Morgan fingerprint density at radius 2 is 1.87 bits per heavy atom. The SMILES string of the molecule is C#Cc1cccc(Nc2ncnc3ccc(NC(=O)NCc4ccccc4F)cc23)c1. The Morgan fingerprint density at radius 1 is 1.00 bits per heavy atom. The summed E-state index contributed by atoms with van der Waals surface area (Å²) in [6.07, 6.45) is 6.93. The number of urea groups is 1. The van der Waals surface area contributed by atoms with Gasteiger partial charge in [0.1, 0.15) is 18.0 Å². The highest BCUT2D eigenvalue weighted by atomic mass is 19.1. The van der Waals surface area contributed by atoms with Crippen LogP contribution in [0.2, 0.25) is 0 Å². The summed E-state index contributed by atoms with van der Waals surface area (Å²) < 4.78 is 13.7. The van der Waals surface area contributed by atoms with Crippen LogP contribution in [0.1, 0.15) is 11.1 Å². The Kier molecular flexibility index (Phi) is 5.72. The zero-order valence-electron chi connectivity index (χ0n) is 16.4. The topological polar surface area (TPSA) is 78.9 Å². The third-order valence-electron chi connectivity index (χ3n) is 4.58. The number of carbonyl (C=O) groups excluding carboxylic acids is 1. The van der Waals surface area contributed by atoms with Crippen molar-refractivity contribution in [1.82, 2.24) is 15.3 Å². The Labute approximate surface area is 178 Å². The van der Waals surface area contributed by atoms with E-state index in [1.807, 2.05) is 24.3 Å². The number of carbonyl (C=O) groups is 1. The van der Waals surface area contributed by atoms with Crippen LogP contribution in [-0.2, 0) is 6.54 Å². The fourth-order valence-corrected chi connectivity index (χ4v) is 3.05. The van der Waals surface area contributed by atoms with E-state index in [2.05, 4.69) is 31.8 Å². The second-order valence-corrected chi connectivity index (χ2v) is 6.70. The molecule has 0 saturated carbocycles. The van der Waals surface area contributed by atoms with Crippen molar-refractivity contribution < 1.29 is 9.18 Å². The predicted octanol–water partition coefficient (Wildman–Crippen LogP) is 4.82. The second kappa shape index (κ2) is 8.93. The number of nitrogens with zero attached hydrogens (tertiary/aromatic N) is 2. The molecule has 0 radical (unpaired) electrons. The predicted molar refractivity (Wildman–Crippen MR) is 119 cm³/mol. The highest BCUT2D eigenvalue weighted by molar-refractivity contribution is 5.96. The summed E-state index contributed by atoms with van der Waals surface area (Å²) in [5, 5.41) is 9.36. The molecule has 4 rings (SSSR count). The quantitative estimate of drug-likeness (QED) is 0.412. The average Bonchev–Trinajstić information content (AvgIpc) is 2.79. The van der Waals surface area contributed by atoms with Crippen LogP contribution in [0.3, 0.4) is 0 Å². The summed E-state index contributed by atoms with van der Waals surface area (Å²) in [5.41, 5.74) is 3.20. The number of rotatable bonds is 5. The molecule has 1 aromatic heterocycles. The lowest BCUT2D eigenvalue weighted by Gasteiger charge is -2.11. The van der Waals surface area contributed by atoms with Crippen LogP contribution in [0, 0.1) is 18.2 Å². The lowest BCUT2D eigenvalue weighted by molar-refractivity contribution is 0.251. The van der Waals surface area contributed by atoms with Gasteiger partial charge in [0, 0.05) is 34.4 Å². The fourth-order valence-electron chi connectivity index (χ4n) is 3.05. The number of anilines is 3. The van der Waals surface area contributed by atoms with Gasteiger partial charge >= 0.3 is 6.03 Å². The molecule has 4 aromatic rings. The van der Waals surface area contributed by atoms with Crippen LogP contribution < -0.4 is 16.0 Å². The summed E-state index contributed by atoms with van der Waals surface area (Å²) in [5.74, 6) is 2.81. The number of fused-ring (bicyclic) bond motifs is 1. The maximum Gasteiger partial charge on any atom is 0.319 e. The number of aromatic nitrogens is 2. The van der Waals surface area contributed by atoms with Gasteiger partial charge in [0.25, 0.3) is 0 Å². The van der Waals surface area contributed by atoms with Gasteiger partial charge in [0.2, 0.25) is 0 Å². The Hall–Kier alpha value is -4.44. The monoisotopic (exact) mass is 411 g/mol. The number of hydrogen-bond acceptors (Lipinski definition) is 4. The third-order valence-corrected chi connectivity index (χ3v) is 4.58. The first kappa shape index (κ1) is 19.9. The van der Waals surface area contributed by atoms with Gasteiger partial charge < -0.3 is 16.0 Å².